The van der Waals surface area contributed by atoms with Gasteiger partial charge >= 0.3 is 5.97 Å². The fourth-order valence-corrected chi connectivity index (χ4v) is 4.68. The summed E-state index contributed by atoms with van der Waals surface area (Å²) in [6.45, 7) is 11.4. The molecule has 0 N–H and O–H groups in total. The zero-order valence-corrected chi connectivity index (χ0v) is 15.6. The number of carbonyl (C=O) groups excluding carboxylic acids is 1. The number of ether oxygens (including phenoxy) is 1. The van der Waals surface area contributed by atoms with Crippen LogP contribution in [0.15, 0.2) is 12.1 Å². The van der Waals surface area contributed by atoms with Crippen molar-refractivity contribution >= 4 is 17.6 Å². The Morgan fingerprint density at radius 2 is 1.52 bits per heavy atom. The van der Waals surface area contributed by atoms with Crippen LogP contribution in [0.1, 0.15) is 77.0 Å². The van der Waals surface area contributed by atoms with E-state index in [1.165, 1.54) is 16.7 Å². The molecule has 0 heterocycles. The first-order valence-electron chi connectivity index (χ1n) is 8.66. The van der Waals surface area contributed by atoms with E-state index in [2.05, 4.69) is 39.8 Å². The first kappa shape index (κ1) is 16.8. The molecule has 0 radical (unpaired) electrons. The second-order valence-electron chi connectivity index (χ2n) is 8.45. The highest BCUT2D eigenvalue weighted by molar-refractivity contribution is 6.30. The zero-order valence-electron chi connectivity index (χ0n) is 14.9. The molecule has 2 aliphatic rings. The molecule has 3 heteroatoms. The van der Waals surface area contributed by atoms with Gasteiger partial charge in [-0.1, -0.05) is 39.3 Å². The Hall–Kier alpha value is -1.02. The summed E-state index contributed by atoms with van der Waals surface area (Å²) in [6.07, 6.45) is 3.71. The van der Waals surface area contributed by atoms with Gasteiger partial charge in [-0.3, -0.25) is 4.79 Å². The smallest absolute Gasteiger partial charge is 0.316 e. The van der Waals surface area contributed by atoms with Crippen molar-refractivity contribution in [3.63, 3.8) is 0 Å². The van der Waals surface area contributed by atoms with E-state index in [9.17, 15) is 4.79 Å². The molecule has 0 bridgehead atoms. The Kier molecular flexibility index (Phi) is 3.83. The molecule has 0 unspecified atom stereocenters. The third-order valence-corrected chi connectivity index (χ3v) is 6.28. The lowest BCUT2D eigenvalue weighted by Gasteiger charge is -2.51. The Labute approximate surface area is 144 Å². The number of hydrogen-bond acceptors (Lipinski definition) is 2. The van der Waals surface area contributed by atoms with Gasteiger partial charge in [0.15, 0.2) is 0 Å². The van der Waals surface area contributed by atoms with E-state index < -0.39 is 5.41 Å². The van der Waals surface area contributed by atoms with Crippen LogP contribution < -0.4 is 0 Å². The highest BCUT2D eigenvalue weighted by Crippen LogP contribution is 2.57. The summed E-state index contributed by atoms with van der Waals surface area (Å²) in [4.78, 5) is 13.0. The molecule has 0 saturated heterocycles. The minimum Gasteiger partial charge on any atom is -0.465 e. The van der Waals surface area contributed by atoms with Gasteiger partial charge < -0.3 is 4.74 Å². The van der Waals surface area contributed by atoms with Gasteiger partial charge in [-0.15, -0.1) is 0 Å². The van der Waals surface area contributed by atoms with Gasteiger partial charge in [-0.25, -0.2) is 0 Å². The Bertz CT molecular complexity index is 617. The maximum Gasteiger partial charge on any atom is 0.316 e. The summed E-state index contributed by atoms with van der Waals surface area (Å²) in [7, 11) is 0. The molecule has 3 rings (SSSR count). The number of rotatable bonds is 2. The molecule has 0 spiro atoms. The standard InChI is InChI=1S/C20H27ClO2/c1-6-23-17(22)20-9-7-18(2,3)14-11-13(21)12-15(16(14)20)19(4,5)8-10-20/h11-12H,6-10H2,1-5H3. The molecule has 1 aromatic rings. The third kappa shape index (κ3) is 2.41. The number of hydrogen-bond donors (Lipinski definition) is 0. The number of halogens is 1. The summed E-state index contributed by atoms with van der Waals surface area (Å²) in [5, 5.41) is 0.779. The molecule has 0 aromatic heterocycles. The minimum atomic E-state index is -0.476. The molecule has 126 valence electrons. The number of benzene rings is 1. The van der Waals surface area contributed by atoms with Crippen LogP contribution in [0.3, 0.4) is 0 Å². The van der Waals surface area contributed by atoms with Crippen LogP contribution in [-0.4, -0.2) is 12.6 Å². The highest BCUT2D eigenvalue weighted by Gasteiger charge is 2.54. The molecule has 0 fully saturated rings. The van der Waals surface area contributed by atoms with Crippen molar-refractivity contribution in [3.8, 4) is 0 Å². The summed E-state index contributed by atoms with van der Waals surface area (Å²) in [6, 6.07) is 4.16. The van der Waals surface area contributed by atoms with E-state index in [1.807, 2.05) is 6.92 Å². The topological polar surface area (TPSA) is 26.3 Å². The first-order valence-corrected chi connectivity index (χ1v) is 9.04. The summed E-state index contributed by atoms with van der Waals surface area (Å²) < 4.78 is 5.52. The largest absolute Gasteiger partial charge is 0.465 e. The van der Waals surface area contributed by atoms with Crippen molar-refractivity contribution in [2.45, 2.75) is 76.5 Å². The number of esters is 1. The van der Waals surface area contributed by atoms with E-state index in [0.29, 0.717) is 6.61 Å². The van der Waals surface area contributed by atoms with Gasteiger partial charge in [0.05, 0.1) is 12.0 Å². The summed E-state index contributed by atoms with van der Waals surface area (Å²) >= 11 is 6.46. The van der Waals surface area contributed by atoms with Crippen LogP contribution in [0.2, 0.25) is 5.02 Å². The quantitative estimate of drug-likeness (QED) is 0.687. The molecule has 1 aromatic carbocycles. The van der Waals surface area contributed by atoms with Crippen molar-refractivity contribution in [1.29, 1.82) is 0 Å². The Balaban J connectivity index is 2.33. The maximum absolute atomic E-state index is 13.0. The lowest BCUT2D eigenvalue weighted by atomic mass is 9.53. The van der Waals surface area contributed by atoms with E-state index >= 15 is 0 Å². The highest BCUT2D eigenvalue weighted by atomic mass is 35.5. The van der Waals surface area contributed by atoms with Gasteiger partial charge in [-0.2, -0.15) is 0 Å². The second kappa shape index (κ2) is 5.24. The molecular formula is C20H27ClO2. The van der Waals surface area contributed by atoms with Crippen LogP contribution in [0.5, 0.6) is 0 Å². The monoisotopic (exact) mass is 334 g/mol. The van der Waals surface area contributed by atoms with Crippen molar-refractivity contribution in [1.82, 2.24) is 0 Å². The Morgan fingerprint density at radius 3 is 1.96 bits per heavy atom. The predicted octanol–water partition coefficient (Wildman–Crippen LogP) is 5.28. The molecule has 0 saturated carbocycles. The molecule has 0 atom stereocenters. The van der Waals surface area contributed by atoms with E-state index in [1.54, 1.807) is 0 Å². The van der Waals surface area contributed by atoms with E-state index in [0.717, 1.165) is 30.7 Å². The fourth-order valence-electron chi connectivity index (χ4n) is 4.46. The molecule has 0 aliphatic heterocycles. The lowest BCUT2D eigenvalue weighted by Crippen LogP contribution is -2.50. The van der Waals surface area contributed by atoms with Crippen LogP contribution in [0, 0.1) is 0 Å². The predicted molar refractivity (Wildman–Crippen MR) is 94.3 cm³/mol. The fraction of sp³-hybridized carbons (Fsp3) is 0.650. The summed E-state index contributed by atoms with van der Waals surface area (Å²) in [5.74, 6) is -0.0455. The number of carbonyl (C=O) groups is 1. The average molecular weight is 335 g/mol. The van der Waals surface area contributed by atoms with Crippen molar-refractivity contribution in [2.75, 3.05) is 6.61 Å². The van der Waals surface area contributed by atoms with Gasteiger partial charge in [0.2, 0.25) is 0 Å². The normalized spacial score (nSPS) is 23.0. The van der Waals surface area contributed by atoms with Crippen molar-refractivity contribution in [3.05, 3.63) is 33.8 Å². The summed E-state index contributed by atoms with van der Waals surface area (Å²) in [5.41, 5.74) is 3.31. The first-order chi connectivity index (χ1) is 10.6. The molecule has 2 nitrogen and oxygen atoms in total. The van der Waals surface area contributed by atoms with Crippen molar-refractivity contribution in [2.24, 2.45) is 0 Å². The van der Waals surface area contributed by atoms with Crippen LogP contribution in [0.4, 0.5) is 0 Å². The maximum atomic E-state index is 13.0. The van der Waals surface area contributed by atoms with Crippen LogP contribution in [-0.2, 0) is 25.8 Å². The van der Waals surface area contributed by atoms with Crippen LogP contribution >= 0.6 is 11.6 Å². The Morgan fingerprint density at radius 1 is 1.04 bits per heavy atom. The zero-order chi connectivity index (χ0) is 17.0. The lowest BCUT2D eigenvalue weighted by molar-refractivity contribution is -0.152. The van der Waals surface area contributed by atoms with Gasteiger partial charge in [-0.05, 0) is 72.3 Å². The second-order valence-corrected chi connectivity index (χ2v) is 8.88. The van der Waals surface area contributed by atoms with E-state index in [-0.39, 0.29) is 16.8 Å². The average Bonchev–Trinajstić information content (AvgIpc) is 2.46. The molecule has 0 amide bonds. The van der Waals surface area contributed by atoms with Crippen LogP contribution in [0.25, 0.3) is 0 Å². The van der Waals surface area contributed by atoms with Gasteiger partial charge in [0.1, 0.15) is 0 Å². The molecular weight excluding hydrogens is 308 g/mol. The van der Waals surface area contributed by atoms with E-state index in [4.69, 9.17) is 16.3 Å². The van der Waals surface area contributed by atoms with Gasteiger partial charge in [0, 0.05) is 5.02 Å². The van der Waals surface area contributed by atoms with Gasteiger partial charge in [0.25, 0.3) is 0 Å². The third-order valence-electron chi connectivity index (χ3n) is 6.06. The SMILES string of the molecule is CCOC(=O)C12CCC(C)(C)c3cc(Cl)cc(c31)C(C)(C)CC2. The van der Waals surface area contributed by atoms with Crippen molar-refractivity contribution < 1.29 is 9.53 Å². The minimum absolute atomic E-state index is 0.0401. The molecule has 23 heavy (non-hydrogen) atoms. The molecule has 2 aliphatic carbocycles.